The van der Waals surface area contributed by atoms with Gasteiger partial charge in [-0.15, -0.1) is 11.3 Å². The van der Waals surface area contributed by atoms with Crippen LogP contribution in [0.2, 0.25) is 0 Å². The molecule has 0 fully saturated rings. The van der Waals surface area contributed by atoms with Crippen LogP contribution >= 0.6 is 11.3 Å². The standard InChI is InChI=1S/C13H19NO4S/c1-3-18-12(15)9-10(14-6-7-17-2)13(16)11-5-4-8-19-11/h4-5,8,10,14H,3,6-7,9H2,1-2H3. The van der Waals surface area contributed by atoms with E-state index in [1.165, 1.54) is 11.3 Å². The van der Waals surface area contributed by atoms with Crippen LogP contribution < -0.4 is 5.32 Å². The molecule has 0 bridgehead atoms. The van der Waals surface area contributed by atoms with E-state index >= 15 is 0 Å². The molecule has 1 aromatic rings. The molecule has 19 heavy (non-hydrogen) atoms. The molecule has 0 spiro atoms. The third-order valence-corrected chi connectivity index (χ3v) is 3.34. The van der Waals surface area contributed by atoms with Gasteiger partial charge in [0.15, 0.2) is 5.78 Å². The Balaban J connectivity index is 2.62. The SMILES string of the molecule is CCOC(=O)CC(NCCOC)C(=O)c1cccs1. The number of ether oxygens (including phenoxy) is 2. The van der Waals surface area contributed by atoms with Gasteiger partial charge in [0.1, 0.15) is 0 Å². The number of Topliss-reactive ketones (excluding diaryl/α,β-unsaturated/α-hetero) is 1. The van der Waals surface area contributed by atoms with E-state index in [0.717, 1.165) is 0 Å². The van der Waals surface area contributed by atoms with Crippen molar-refractivity contribution in [1.29, 1.82) is 0 Å². The fourth-order valence-electron chi connectivity index (χ4n) is 1.57. The second-order valence-electron chi connectivity index (χ2n) is 3.85. The van der Waals surface area contributed by atoms with Gasteiger partial charge < -0.3 is 14.8 Å². The van der Waals surface area contributed by atoms with Crippen LogP contribution in [0.5, 0.6) is 0 Å². The van der Waals surface area contributed by atoms with Gasteiger partial charge in [0.2, 0.25) is 0 Å². The van der Waals surface area contributed by atoms with Gasteiger partial charge in [-0.1, -0.05) is 6.07 Å². The molecular formula is C13H19NO4S. The zero-order valence-electron chi connectivity index (χ0n) is 11.2. The van der Waals surface area contributed by atoms with E-state index < -0.39 is 6.04 Å². The average Bonchev–Trinajstić information content (AvgIpc) is 2.91. The Morgan fingerprint density at radius 1 is 1.47 bits per heavy atom. The van der Waals surface area contributed by atoms with E-state index in [2.05, 4.69) is 5.32 Å². The molecule has 0 saturated heterocycles. The lowest BCUT2D eigenvalue weighted by atomic mass is 10.1. The van der Waals surface area contributed by atoms with Crippen molar-refractivity contribution in [3.05, 3.63) is 22.4 Å². The second-order valence-corrected chi connectivity index (χ2v) is 4.80. The molecular weight excluding hydrogens is 266 g/mol. The topological polar surface area (TPSA) is 64.6 Å². The summed E-state index contributed by atoms with van der Waals surface area (Å²) in [7, 11) is 1.59. The van der Waals surface area contributed by atoms with Crippen LogP contribution in [-0.4, -0.2) is 44.7 Å². The van der Waals surface area contributed by atoms with Gasteiger partial charge in [-0.2, -0.15) is 0 Å². The predicted molar refractivity (Wildman–Crippen MR) is 73.6 cm³/mol. The summed E-state index contributed by atoms with van der Waals surface area (Å²) in [4.78, 5) is 24.4. The van der Waals surface area contributed by atoms with E-state index in [4.69, 9.17) is 9.47 Å². The van der Waals surface area contributed by atoms with Crippen molar-refractivity contribution in [3.63, 3.8) is 0 Å². The first kappa shape index (κ1) is 15.8. The van der Waals surface area contributed by atoms with Gasteiger partial charge in [0, 0.05) is 13.7 Å². The highest BCUT2D eigenvalue weighted by molar-refractivity contribution is 7.12. The number of rotatable bonds is 9. The maximum absolute atomic E-state index is 12.2. The molecule has 1 atom stereocenters. The molecule has 0 aliphatic rings. The Kier molecular flexibility index (Phi) is 7.32. The lowest BCUT2D eigenvalue weighted by Gasteiger charge is -2.16. The van der Waals surface area contributed by atoms with Crippen molar-refractivity contribution in [3.8, 4) is 0 Å². The van der Waals surface area contributed by atoms with Gasteiger partial charge in [0.05, 0.1) is 30.6 Å². The Morgan fingerprint density at radius 2 is 2.26 bits per heavy atom. The number of esters is 1. The number of methoxy groups -OCH3 is 1. The van der Waals surface area contributed by atoms with Crippen LogP contribution in [-0.2, 0) is 14.3 Å². The lowest BCUT2D eigenvalue weighted by Crippen LogP contribution is -2.40. The van der Waals surface area contributed by atoms with Crippen molar-refractivity contribution >= 4 is 23.1 Å². The molecule has 0 aliphatic carbocycles. The Morgan fingerprint density at radius 3 is 2.84 bits per heavy atom. The minimum absolute atomic E-state index is 0.0360. The van der Waals surface area contributed by atoms with E-state index in [-0.39, 0.29) is 18.2 Å². The molecule has 6 heteroatoms. The quantitative estimate of drug-likeness (QED) is 0.423. The molecule has 0 amide bonds. The summed E-state index contributed by atoms with van der Waals surface area (Å²) >= 11 is 1.37. The second kappa shape index (κ2) is 8.79. The number of ketones is 1. The number of nitrogens with one attached hydrogen (secondary N) is 1. The molecule has 0 radical (unpaired) electrons. The molecule has 1 N–H and O–H groups in total. The summed E-state index contributed by atoms with van der Waals surface area (Å²) in [5, 5.41) is 4.87. The highest BCUT2D eigenvalue weighted by Crippen LogP contribution is 2.13. The van der Waals surface area contributed by atoms with Crippen molar-refractivity contribution in [2.45, 2.75) is 19.4 Å². The molecule has 1 aromatic heterocycles. The normalized spacial score (nSPS) is 12.1. The van der Waals surface area contributed by atoms with Crippen LogP contribution in [0, 0.1) is 0 Å². The molecule has 0 saturated carbocycles. The third-order valence-electron chi connectivity index (χ3n) is 2.45. The predicted octanol–water partition coefficient (Wildman–Crippen LogP) is 1.49. The van der Waals surface area contributed by atoms with Crippen LogP contribution in [0.25, 0.3) is 0 Å². The highest BCUT2D eigenvalue weighted by atomic mass is 32.1. The number of hydrogen-bond donors (Lipinski definition) is 1. The molecule has 0 aliphatic heterocycles. The Labute approximate surface area is 116 Å². The fourth-order valence-corrected chi connectivity index (χ4v) is 2.29. The van der Waals surface area contributed by atoms with Crippen molar-refractivity contribution in [1.82, 2.24) is 5.32 Å². The molecule has 0 aromatic carbocycles. The summed E-state index contributed by atoms with van der Waals surface area (Å²) in [6.45, 7) is 3.05. The molecule has 106 valence electrons. The summed E-state index contributed by atoms with van der Waals surface area (Å²) in [5.74, 6) is -0.457. The first-order chi connectivity index (χ1) is 9.19. The maximum Gasteiger partial charge on any atom is 0.307 e. The Hall–Kier alpha value is -1.24. The van der Waals surface area contributed by atoms with Crippen molar-refractivity contribution < 1.29 is 19.1 Å². The molecule has 1 rings (SSSR count). The summed E-state index contributed by atoms with van der Waals surface area (Å²) < 4.78 is 9.81. The lowest BCUT2D eigenvalue weighted by molar-refractivity contribution is -0.143. The van der Waals surface area contributed by atoms with Gasteiger partial charge in [-0.3, -0.25) is 9.59 Å². The number of thiophene rings is 1. The number of carbonyl (C=O) groups excluding carboxylic acids is 2. The zero-order valence-corrected chi connectivity index (χ0v) is 12.0. The van der Waals surface area contributed by atoms with Gasteiger partial charge >= 0.3 is 5.97 Å². The zero-order chi connectivity index (χ0) is 14.1. The van der Waals surface area contributed by atoms with E-state index in [0.29, 0.717) is 24.6 Å². The van der Waals surface area contributed by atoms with Gasteiger partial charge in [-0.05, 0) is 18.4 Å². The smallest absolute Gasteiger partial charge is 0.307 e. The van der Waals surface area contributed by atoms with Crippen LogP contribution in [0.4, 0.5) is 0 Å². The highest BCUT2D eigenvalue weighted by Gasteiger charge is 2.23. The first-order valence-corrected chi connectivity index (χ1v) is 7.02. The van der Waals surface area contributed by atoms with Gasteiger partial charge in [0.25, 0.3) is 0 Å². The van der Waals surface area contributed by atoms with Gasteiger partial charge in [-0.25, -0.2) is 0 Å². The van der Waals surface area contributed by atoms with E-state index in [1.807, 2.05) is 11.4 Å². The monoisotopic (exact) mass is 285 g/mol. The largest absolute Gasteiger partial charge is 0.466 e. The van der Waals surface area contributed by atoms with E-state index in [9.17, 15) is 9.59 Å². The minimum Gasteiger partial charge on any atom is -0.466 e. The average molecular weight is 285 g/mol. The number of hydrogen-bond acceptors (Lipinski definition) is 6. The van der Waals surface area contributed by atoms with E-state index in [1.54, 1.807) is 20.1 Å². The molecule has 1 heterocycles. The van der Waals surface area contributed by atoms with Crippen LogP contribution in [0.15, 0.2) is 17.5 Å². The fraction of sp³-hybridized carbons (Fsp3) is 0.538. The van der Waals surface area contributed by atoms with Crippen molar-refractivity contribution in [2.75, 3.05) is 26.9 Å². The minimum atomic E-state index is -0.562. The summed E-state index contributed by atoms with van der Waals surface area (Å²) in [6.07, 6.45) is 0.0360. The maximum atomic E-state index is 12.2. The van der Waals surface area contributed by atoms with Crippen LogP contribution in [0.3, 0.4) is 0 Å². The Bertz CT molecular complexity index is 391. The molecule has 1 unspecified atom stereocenters. The molecule has 5 nitrogen and oxygen atoms in total. The third kappa shape index (κ3) is 5.50. The van der Waals surface area contributed by atoms with Crippen LogP contribution in [0.1, 0.15) is 23.0 Å². The summed E-state index contributed by atoms with van der Waals surface area (Å²) in [5.41, 5.74) is 0. The number of carbonyl (C=O) groups is 2. The first-order valence-electron chi connectivity index (χ1n) is 6.14. The summed E-state index contributed by atoms with van der Waals surface area (Å²) in [6, 6.07) is 3.00. The van der Waals surface area contributed by atoms with Crippen molar-refractivity contribution in [2.24, 2.45) is 0 Å².